The lowest BCUT2D eigenvalue weighted by atomic mass is 9.43. The number of aliphatic imine (C=N–C) groups is 1. The first-order valence-corrected chi connectivity index (χ1v) is 7.27. The number of carbonyl (C=O) groups is 2. The zero-order valence-corrected chi connectivity index (χ0v) is 12.2. The molecule has 5 heteroatoms. The second-order valence-corrected chi connectivity index (χ2v) is 7.06. The van der Waals surface area contributed by atoms with E-state index in [0.29, 0.717) is 11.8 Å². The van der Waals surface area contributed by atoms with Crippen LogP contribution in [-0.2, 0) is 14.3 Å². The van der Waals surface area contributed by atoms with Crippen LogP contribution in [0.15, 0.2) is 4.99 Å². The number of ether oxygens (including phenoxy) is 1. The number of hydrogen-bond acceptors (Lipinski definition) is 4. The molecule has 0 spiro atoms. The van der Waals surface area contributed by atoms with Gasteiger partial charge in [0.25, 0.3) is 0 Å². The third-order valence-electron chi connectivity index (χ3n) is 5.68. The first-order chi connectivity index (χ1) is 9.25. The molecule has 1 aliphatic heterocycles. The summed E-state index contributed by atoms with van der Waals surface area (Å²) in [4.78, 5) is 27.3. The molecule has 0 amide bonds. The summed E-state index contributed by atoms with van der Waals surface area (Å²) in [6, 6.07) is -0.630. The number of esters is 1. The van der Waals surface area contributed by atoms with Gasteiger partial charge in [0.05, 0.1) is 5.71 Å². The zero-order chi connectivity index (χ0) is 14.7. The molecule has 5 nitrogen and oxygen atoms in total. The van der Waals surface area contributed by atoms with E-state index in [9.17, 15) is 9.59 Å². The van der Waals surface area contributed by atoms with Crippen LogP contribution in [0.1, 0.15) is 46.5 Å². The van der Waals surface area contributed by atoms with Crippen molar-refractivity contribution in [3.8, 4) is 0 Å². The van der Waals surface area contributed by atoms with Gasteiger partial charge in [-0.05, 0) is 37.5 Å². The van der Waals surface area contributed by atoms with Gasteiger partial charge in [-0.1, -0.05) is 13.8 Å². The topological polar surface area (TPSA) is 76.0 Å². The smallest absolute Gasteiger partial charge is 0.331 e. The van der Waals surface area contributed by atoms with Gasteiger partial charge in [-0.25, -0.2) is 4.79 Å². The largest absolute Gasteiger partial charge is 0.481 e. The number of hydrogen-bond donors (Lipinski definition) is 1. The Morgan fingerprint density at radius 1 is 1.45 bits per heavy atom. The molecule has 0 unspecified atom stereocenters. The number of carbonyl (C=O) groups excluding carboxylic acids is 1. The summed E-state index contributed by atoms with van der Waals surface area (Å²) in [6.45, 7) is 6.44. The summed E-state index contributed by atoms with van der Waals surface area (Å²) in [7, 11) is 0. The van der Waals surface area contributed by atoms with Crippen LogP contribution in [0.5, 0.6) is 0 Å². The van der Waals surface area contributed by atoms with E-state index >= 15 is 0 Å². The molecular weight excluding hydrogens is 258 g/mol. The van der Waals surface area contributed by atoms with Crippen molar-refractivity contribution < 1.29 is 19.4 Å². The van der Waals surface area contributed by atoms with Gasteiger partial charge < -0.3 is 9.84 Å². The van der Waals surface area contributed by atoms with Crippen molar-refractivity contribution in [3.63, 3.8) is 0 Å². The Labute approximate surface area is 118 Å². The van der Waals surface area contributed by atoms with Gasteiger partial charge in [-0.2, -0.15) is 0 Å². The Bertz CT molecular complexity index is 510. The fourth-order valence-electron chi connectivity index (χ4n) is 4.21. The quantitative estimate of drug-likeness (QED) is 0.802. The molecule has 2 bridgehead atoms. The SMILES string of the molecule is CC1(C)[C@H]2CC3=N[C@H](CCC(=O)O)C(=O)O[C@]3(C)[C@@H]1C2. The highest BCUT2D eigenvalue weighted by molar-refractivity contribution is 6.00. The standard InChI is InChI=1S/C15H21NO4/c1-14(2)8-6-10(14)15(3)11(7-8)16-9(13(19)20-15)4-5-12(17)18/h8-10H,4-7H2,1-3H3,(H,17,18)/t8-,9-,10-,15-/m1/s1. The molecule has 20 heavy (non-hydrogen) atoms. The van der Waals surface area contributed by atoms with Crippen molar-refractivity contribution in [1.29, 1.82) is 0 Å². The first kappa shape index (κ1) is 13.6. The Morgan fingerprint density at radius 3 is 2.75 bits per heavy atom. The van der Waals surface area contributed by atoms with Gasteiger partial charge >= 0.3 is 11.9 Å². The van der Waals surface area contributed by atoms with E-state index in [1.54, 1.807) is 0 Å². The molecule has 0 saturated heterocycles. The second kappa shape index (κ2) is 4.06. The molecule has 4 atom stereocenters. The molecular formula is C15H21NO4. The third kappa shape index (κ3) is 1.71. The maximum absolute atomic E-state index is 12.1. The summed E-state index contributed by atoms with van der Waals surface area (Å²) in [6.07, 6.45) is 2.14. The molecule has 3 saturated carbocycles. The molecule has 1 N–H and O–H groups in total. The molecule has 4 aliphatic rings. The van der Waals surface area contributed by atoms with Crippen molar-refractivity contribution in [1.82, 2.24) is 0 Å². The molecule has 110 valence electrons. The van der Waals surface area contributed by atoms with Gasteiger partial charge in [0.15, 0.2) is 5.60 Å². The van der Waals surface area contributed by atoms with Crippen molar-refractivity contribution >= 4 is 17.7 Å². The van der Waals surface area contributed by atoms with Crippen LogP contribution in [-0.4, -0.2) is 34.4 Å². The van der Waals surface area contributed by atoms with Crippen molar-refractivity contribution in [3.05, 3.63) is 0 Å². The zero-order valence-electron chi connectivity index (χ0n) is 12.2. The van der Waals surface area contributed by atoms with Gasteiger partial charge in [0.2, 0.25) is 0 Å². The van der Waals surface area contributed by atoms with Crippen LogP contribution in [0.3, 0.4) is 0 Å². The molecule has 4 rings (SSSR count). The summed E-state index contributed by atoms with van der Waals surface area (Å²) >= 11 is 0. The van der Waals surface area contributed by atoms with Crippen LogP contribution >= 0.6 is 0 Å². The molecule has 3 aliphatic carbocycles. The monoisotopic (exact) mass is 279 g/mol. The third-order valence-corrected chi connectivity index (χ3v) is 5.68. The molecule has 0 radical (unpaired) electrons. The minimum absolute atomic E-state index is 0.0500. The number of carboxylic acid groups (broad SMARTS) is 1. The lowest BCUT2D eigenvalue weighted by molar-refractivity contribution is -0.187. The predicted octanol–water partition coefficient (Wildman–Crippen LogP) is 2.04. The molecule has 0 aromatic rings. The predicted molar refractivity (Wildman–Crippen MR) is 72.6 cm³/mol. The summed E-state index contributed by atoms with van der Waals surface area (Å²) in [5, 5.41) is 8.73. The average Bonchev–Trinajstić information content (AvgIpc) is 2.34. The van der Waals surface area contributed by atoms with E-state index in [4.69, 9.17) is 9.84 Å². The fraction of sp³-hybridized carbons (Fsp3) is 0.800. The molecule has 1 heterocycles. The normalized spacial score (nSPS) is 41.0. The van der Waals surface area contributed by atoms with Crippen LogP contribution in [0.4, 0.5) is 0 Å². The van der Waals surface area contributed by atoms with E-state index in [-0.39, 0.29) is 24.2 Å². The summed E-state index contributed by atoms with van der Waals surface area (Å²) < 4.78 is 5.75. The Morgan fingerprint density at radius 2 is 2.15 bits per heavy atom. The van der Waals surface area contributed by atoms with E-state index in [1.165, 1.54) is 0 Å². The molecule has 3 fully saturated rings. The van der Waals surface area contributed by atoms with Crippen molar-refractivity contribution in [2.45, 2.75) is 58.1 Å². The molecule has 0 aromatic heterocycles. The van der Waals surface area contributed by atoms with Crippen LogP contribution in [0.25, 0.3) is 0 Å². The number of carboxylic acids is 1. The second-order valence-electron chi connectivity index (χ2n) is 7.06. The number of rotatable bonds is 3. The van der Waals surface area contributed by atoms with Crippen molar-refractivity contribution in [2.24, 2.45) is 22.2 Å². The minimum Gasteiger partial charge on any atom is -0.481 e. The minimum atomic E-state index is -0.904. The summed E-state index contributed by atoms with van der Waals surface area (Å²) in [5.41, 5.74) is 0.588. The maximum atomic E-state index is 12.1. The number of aliphatic carboxylic acids is 1. The molecule has 0 aromatic carbocycles. The fourth-order valence-corrected chi connectivity index (χ4v) is 4.21. The average molecular weight is 279 g/mol. The van der Waals surface area contributed by atoms with Gasteiger partial charge in [-0.15, -0.1) is 0 Å². The van der Waals surface area contributed by atoms with Gasteiger partial charge in [-0.3, -0.25) is 9.79 Å². The summed E-state index contributed by atoms with van der Waals surface area (Å²) in [5.74, 6) is -0.328. The Kier molecular flexibility index (Phi) is 2.76. The van der Waals surface area contributed by atoms with E-state index in [1.807, 2.05) is 6.92 Å². The lowest BCUT2D eigenvalue weighted by Gasteiger charge is -2.64. The highest BCUT2D eigenvalue weighted by Crippen LogP contribution is 2.63. The first-order valence-electron chi connectivity index (χ1n) is 7.27. The van der Waals surface area contributed by atoms with E-state index in [2.05, 4.69) is 18.8 Å². The Hall–Kier alpha value is -1.39. The van der Waals surface area contributed by atoms with Crippen LogP contribution in [0.2, 0.25) is 0 Å². The van der Waals surface area contributed by atoms with Crippen LogP contribution in [0, 0.1) is 17.3 Å². The number of nitrogens with zero attached hydrogens (tertiary/aromatic N) is 1. The van der Waals surface area contributed by atoms with Crippen LogP contribution < -0.4 is 0 Å². The highest BCUT2D eigenvalue weighted by Gasteiger charge is 2.65. The van der Waals surface area contributed by atoms with Gasteiger partial charge in [0, 0.05) is 12.3 Å². The lowest BCUT2D eigenvalue weighted by Crippen LogP contribution is -2.68. The highest BCUT2D eigenvalue weighted by atomic mass is 16.6. The Balaban J connectivity index is 1.85. The van der Waals surface area contributed by atoms with Gasteiger partial charge in [0.1, 0.15) is 6.04 Å². The van der Waals surface area contributed by atoms with E-state index in [0.717, 1.165) is 18.6 Å². The van der Waals surface area contributed by atoms with Crippen molar-refractivity contribution in [2.75, 3.05) is 0 Å². The maximum Gasteiger partial charge on any atom is 0.331 e. The van der Waals surface area contributed by atoms with E-state index < -0.39 is 17.6 Å².